The van der Waals surface area contributed by atoms with E-state index in [1.54, 1.807) is 24.5 Å². The first-order chi connectivity index (χ1) is 16.0. The lowest BCUT2D eigenvalue weighted by atomic mass is 9.90. The Morgan fingerprint density at radius 3 is 2.18 bits per heavy atom. The fourth-order valence-corrected chi connectivity index (χ4v) is 3.97. The second-order valence-electron chi connectivity index (χ2n) is 7.96. The Hall–Kier alpha value is -2.76. The molecule has 1 saturated heterocycles. The van der Waals surface area contributed by atoms with Gasteiger partial charge < -0.3 is 25.2 Å². The maximum Gasteiger partial charge on any atom is 0.113 e. The average molecular weight is 466 g/mol. The number of aliphatic hydroxyl groups excluding tert-OH is 4. The van der Waals surface area contributed by atoms with Crippen LogP contribution in [0.3, 0.4) is 0 Å². The van der Waals surface area contributed by atoms with Crippen molar-refractivity contribution in [3.8, 4) is 11.8 Å². The van der Waals surface area contributed by atoms with Gasteiger partial charge in [-0.1, -0.05) is 47.7 Å². The van der Waals surface area contributed by atoms with E-state index in [0.717, 1.165) is 22.3 Å². The molecule has 1 aromatic heterocycles. The first-order valence-electron chi connectivity index (χ1n) is 10.6. The Bertz CT molecular complexity index is 1140. The molecule has 3 aromatic rings. The van der Waals surface area contributed by atoms with Gasteiger partial charge in [-0.15, -0.1) is 0 Å². The standard InChI is InChI=1S/C26H24ClNO5/c27-21-8-7-19(26-25(32)24(31)23(30)22(15-29)33-26)14-20(21)13-18-5-3-16(4-6-18)1-2-17-9-11-28-12-10-17/h3-12,14,22-26,29-32H,13,15H2/t22-,23-,24+,25-,26+/m1/s1. The van der Waals surface area contributed by atoms with Crippen LogP contribution in [0.1, 0.15) is 33.9 Å². The normalized spacial score (nSPS) is 24.7. The summed E-state index contributed by atoms with van der Waals surface area (Å²) in [4.78, 5) is 3.98. The van der Waals surface area contributed by atoms with Gasteiger partial charge in [0.1, 0.15) is 30.5 Å². The maximum atomic E-state index is 10.4. The summed E-state index contributed by atoms with van der Waals surface area (Å²) in [6.07, 6.45) is -2.08. The molecule has 4 rings (SSSR count). The molecule has 1 aliphatic heterocycles. The molecule has 6 nitrogen and oxygen atoms in total. The summed E-state index contributed by atoms with van der Waals surface area (Å²) in [5.74, 6) is 6.22. The largest absolute Gasteiger partial charge is 0.394 e. The Labute approximate surface area is 197 Å². The second-order valence-corrected chi connectivity index (χ2v) is 8.37. The van der Waals surface area contributed by atoms with E-state index < -0.39 is 37.1 Å². The van der Waals surface area contributed by atoms with Gasteiger partial charge in [-0.25, -0.2) is 0 Å². The van der Waals surface area contributed by atoms with Gasteiger partial charge in [0, 0.05) is 28.5 Å². The maximum absolute atomic E-state index is 10.4. The third kappa shape index (κ3) is 5.43. The molecule has 0 aliphatic carbocycles. The van der Waals surface area contributed by atoms with E-state index in [1.165, 1.54) is 0 Å². The van der Waals surface area contributed by atoms with Gasteiger partial charge in [0.25, 0.3) is 0 Å². The molecule has 0 saturated carbocycles. The van der Waals surface area contributed by atoms with Gasteiger partial charge >= 0.3 is 0 Å². The molecule has 7 heteroatoms. The van der Waals surface area contributed by atoms with Crippen LogP contribution in [-0.4, -0.2) is 56.4 Å². The number of aliphatic hydroxyl groups is 4. The predicted molar refractivity (Wildman–Crippen MR) is 124 cm³/mol. The molecule has 1 aliphatic rings. The van der Waals surface area contributed by atoms with E-state index >= 15 is 0 Å². The number of ether oxygens (including phenoxy) is 1. The number of pyridine rings is 1. The van der Waals surface area contributed by atoms with Crippen LogP contribution in [0.5, 0.6) is 0 Å². The quantitative estimate of drug-likeness (QED) is 0.441. The van der Waals surface area contributed by atoms with E-state index in [2.05, 4.69) is 16.8 Å². The van der Waals surface area contributed by atoms with Crippen molar-refractivity contribution in [1.29, 1.82) is 0 Å². The van der Waals surface area contributed by atoms with Crippen molar-refractivity contribution in [1.82, 2.24) is 4.98 Å². The number of hydrogen-bond acceptors (Lipinski definition) is 6. The van der Waals surface area contributed by atoms with Crippen molar-refractivity contribution in [2.75, 3.05) is 6.61 Å². The number of aromatic nitrogens is 1. The molecule has 5 atom stereocenters. The smallest absolute Gasteiger partial charge is 0.113 e. The zero-order valence-electron chi connectivity index (χ0n) is 17.7. The summed E-state index contributed by atoms with van der Waals surface area (Å²) in [5.41, 5.74) is 4.23. The molecule has 0 bridgehead atoms. The summed E-state index contributed by atoms with van der Waals surface area (Å²) < 4.78 is 5.67. The molecule has 0 amide bonds. The minimum Gasteiger partial charge on any atom is -0.394 e. The molecular formula is C26H24ClNO5. The van der Waals surface area contributed by atoms with E-state index in [9.17, 15) is 20.4 Å². The van der Waals surface area contributed by atoms with Gasteiger partial charge in [-0.05, 0) is 53.4 Å². The third-order valence-electron chi connectivity index (χ3n) is 5.67. The molecule has 0 unspecified atom stereocenters. The molecule has 170 valence electrons. The minimum absolute atomic E-state index is 0.474. The molecule has 0 spiro atoms. The van der Waals surface area contributed by atoms with Crippen LogP contribution in [0, 0.1) is 11.8 Å². The molecule has 0 radical (unpaired) electrons. The zero-order chi connectivity index (χ0) is 23.4. The average Bonchev–Trinajstić information content (AvgIpc) is 2.84. The fourth-order valence-electron chi connectivity index (χ4n) is 3.79. The third-order valence-corrected chi connectivity index (χ3v) is 6.04. The molecule has 33 heavy (non-hydrogen) atoms. The SMILES string of the molecule is OC[C@H]1O[C@@H](c2ccc(Cl)c(Cc3ccc(C#Cc4ccncc4)cc3)c2)[C@H](O)[C@@H](O)[C@@H]1O. The van der Waals surface area contributed by atoms with E-state index in [1.807, 2.05) is 42.5 Å². The first kappa shape index (κ1) is 23.4. The Kier molecular flexibility index (Phi) is 7.41. The topological polar surface area (TPSA) is 103 Å². The lowest BCUT2D eigenvalue weighted by molar-refractivity contribution is -0.231. The monoisotopic (exact) mass is 465 g/mol. The van der Waals surface area contributed by atoms with Gasteiger partial charge in [-0.3, -0.25) is 4.98 Å². The second kappa shape index (κ2) is 10.4. The number of halogens is 1. The highest BCUT2D eigenvalue weighted by atomic mass is 35.5. The van der Waals surface area contributed by atoms with Crippen LogP contribution in [0.4, 0.5) is 0 Å². The van der Waals surface area contributed by atoms with Crippen LogP contribution in [0.25, 0.3) is 0 Å². The van der Waals surface area contributed by atoms with Crippen LogP contribution < -0.4 is 0 Å². The zero-order valence-corrected chi connectivity index (χ0v) is 18.4. The summed E-state index contributed by atoms with van der Waals surface area (Å²) >= 11 is 6.42. The van der Waals surface area contributed by atoms with Crippen molar-refractivity contribution in [2.45, 2.75) is 36.9 Å². The highest BCUT2D eigenvalue weighted by Crippen LogP contribution is 2.34. The molecule has 2 heterocycles. The van der Waals surface area contributed by atoms with Crippen molar-refractivity contribution in [3.63, 3.8) is 0 Å². The van der Waals surface area contributed by atoms with Crippen molar-refractivity contribution in [2.24, 2.45) is 0 Å². The van der Waals surface area contributed by atoms with Crippen LogP contribution >= 0.6 is 11.6 Å². The van der Waals surface area contributed by atoms with Crippen molar-refractivity contribution >= 4 is 11.6 Å². The molecular weight excluding hydrogens is 442 g/mol. The van der Waals surface area contributed by atoms with Crippen LogP contribution in [-0.2, 0) is 11.2 Å². The fraction of sp³-hybridized carbons (Fsp3) is 0.269. The highest BCUT2D eigenvalue weighted by molar-refractivity contribution is 6.31. The molecule has 1 fully saturated rings. The lowest BCUT2D eigenvalue weighted by Crippen LogP contribution is -2.55. The molecule has 4 N–H and O–H groups in total. The summed E-state index contributed by atoms with van der Waals surface area (Å²) in [7, 11) is 0. The molecule has 2 aromatic carbocycles. The van der Waals surface area contributed by atoms with Crippen molar-refractivity contribution < 1.29 is 25.2 Å². The first-order valence-corrected chi connectivity index (χ1v) is 10.9. The summed E-state index contributed by atoms with van der Waals surface area (Å²) in [6.45, 7) is -0.474. The van der Waals surface area contributed by atoms with Gasteiger partial charge in [0.2, 0.25) is 0 Å². The number of nitrogens with zero attached hydrogens (tertiary/aromatic N) is 1. The minimum atomic E-state index is -1.43. The number of benzene rings is 2. The number of rotatable bonds is 4. The van der Waals surface area contributed by atoms with Gasteiger partial charge in [0.05, 0.1) is 6.61 Å². The highest BCUT2D eigenvalue weighted by Gasteiger charge is 2.44. The Morgan fingerprint density at radius 1 is 0.848 bits per heavy atom. The van der Waals surface area contributed by atoms with E-state index in [0.29, 0.717) is 17.0 Å². The van der Waals surface area contributed by atoms with Crippen LogP contribution in [0.15, 0.2) is 67.0 Å². The summed E-state index contributed by atoms with van der Waals surface area (Å²) in [5, 5.41) is 40.5. The lowest BCUT2D eigenvalue weighted by Gasteiger charge is -2.40. The number of hydrogen-bond donors (Lipinski definition) is 4. The van der Waals surface area contributed by atoms with Crippen LogP contribution in [0.2, 0.25) is 5.02 Å². The van der Waals surface area contributed by atoms with Gasteiger partial charge in [-0.2, -0.15) is 0 Å². The van der Waals surface area contributed by atoms with Gasteiger partial charge in [0.15, 0.2) is 0 Å². The van der Waals surface area contributed by atoms with E-state index in [-0.39, 0.29) is 0 Å². The van der Waals surface area contributed by atoms with E-state index in [4.69, 9.17) is 16.3 Å². The Morgan fingerprint density at radius 2 is 1.52 bits per heavy atom. The predicted octanol–water partition coefficient (Wildman–Crippen LogP) is 2.24. The summed E-state index contributed by atoms with van der Waals surface area (Å²) in [6, 6.07) is 16.8. The Balaban J connectivity index is 1.51. The van der Waals surface area contributed by atoms with Crippen molar-refractivity contribution in [3.05, 3.63) is 99.8 Å².